The molecule has 3 aromatic rings. The van der Waals surface area contributed by atoms with Crippen molar-refractivity contribution in [1.82, 2.24) is 5.32 Å². The Kier molecular flexibility index (Phi) is 8.83. The van der Waals surface area contributed by atoms with Gasteiger partial charge >= 0.3 is 5.97 Å². The summed E-state index contributed by atoms with van der Waals surface area (Å²) in [6.07, 6.45) is 6.83. The van der Waals surface area contributed by atoms with E-state index in [2.05, 4.69) is 66.8 Å². The van der Waals surface area contributed by atoms with E-state index in [1.54, 1.807) is 0 Å². The van der Waals surface area contributed by atoms with Crippen molar-refractivity contribution in [2.45, 2.75) is 69.6 Å². The topological polar surface area (TPSA) is 47.6 Å². The lowest BCUT2D eigenvalue weighted by atomic mass is 9.81. The number of hydrogen-bond acceptors (Lipinski definition) is 4. The molecule has 1 heterocycles. The van der Waals surface area contributed by atoms with Crippen LogP contribution < -0.4 is 5.32 Å². The number of benzene rings is 3. The Morgan fingerprint density at radius 3 is 2.60 bits per heavy atom. The number of halogens is 1. The lowest BCUT2D eigenvalue weighted by molar-refractivity contribution is 0.0161. The van der Waals surface area contributed by atoms with Crippen LogP contribution in [0.2, 0.25) is 0 Å². The van der Waals surface area contributed by atoms with Gasteiger partial charge in [-0.3, -0.25) is 0 Å². The van der Waals surface area contributed by atoms with Crippen LogP contribution in [0.5, 0.6) is 0 Å². The smallest absolute Gasteiger partial charge is 0.338 e. The number of carbonyl (C=O) groups is 1. The zero-order valence-corrected chi connectivity index (χ0v) is 21.3. The number of esters is 1. The first-order chi connectivity index (χ1) is 16.7. The van der Waals surface area contributed by atoms with Gasteiger partial charge in [0.2, 0.25) is 0 Å². The third-order valence-electron chi connectivity index (χ3n) is 7.49. The molecule has 3 aromatic carbocycles. The SMILES string of the molecule is C[C@@H](NC1CCCC(c2ccc(C(=O)OCC3CCCO3)cc2)C1)c1cccc2ccccc12.Cl. The van der Waals surface area contributed by atoms with Crippen LogP contribution in [0.15, 0.2) is 66.7 Å². The Morgan fingerprint density at radius 1 is 1.00 bits per heavy atom. The second kappa shape index (κ2) is 12.0. The Labute approximate surface area is 214 Å². The fraction of sp³-hybridized carbons (Fsp3) is 0.433. The molecule has 3 unspecified atom stereocenters. The maximum atomic E-state index is 12.4. The molecular weight excluding hydrogens is 458 g/mol. The van der Waals surface area contributed by atoms with Gasteiger partial charge in [0.1, 0.15) is 6.61 Å². The lowest BCUT2D eigenvalue weighted by Gasteiger charge is -2.32. The first-order valence-electron chi connectivity index (χ1n) is 12.8. The summed E-state index contributed by atoms with van der Waals surface area (Å²) in [6, 6.07) is 24.1. The molecule has 4 nitrogen and oxygen atoms in total. The standard InChI is InChI=1S/C30H35NO3.ClH/c1-21(28-13-5-8-23-7-2-3-12-29(23)28)31-26-10-4-9-25(19-26)22-14-16-24(17-15-22)30(32)34-20-27-11-6-18-33-27;/h2-3,5,7-8,12-17,21,25-27,31H,4,6,9-11,18-20H2,1H3;1H/t21-,25?,26?,27?;/m1./s1. The van der Waals surface area contributed by atoms with Crippen LogP contribution in [0.4, 0.5) is 0 Å². The summed E-state index contributed by atoms with van der Waals surface area (Å²) >= 11 is 0. The minimum absolute atomic E-state index is 0. The molecule has 186 valence electrons. The van der Waals surface area contributed by atoms with Gasteiger partial charge in [0.15, 0.2) is 0 Å². The average Bonchev–Trinajstić information content (AvgIpc) is 3.41. The highest BCUT2D eigenvalue weighted by Crippen LogP contribution is 2.34. The van der Waals surface area contributed by atoms with Crippen molar-refractivity contribution in [3.63, 3.8) is 0 Å². The summed E-state index contributed by atoms with van der Waals surface area (Å²) < 4.78 is 11.0. The molecule has 1 saturated heterocycles. The number of carbonyl (C=O) groups excluding carboxylic acids is 1. The number of rotatable bonds is 7. The van der Waals surface area contributed by atoms with Gasteiger partial charge in [-0.2, -0.15) is 0 Å². The van der Waals surface area contributed by atoms with E-state index in [9.17, 15) is 4.79 Å². The van der Waals surface area contributed by atoms with Gasteiger partial charge in [0.25, 0.3) is 0 Å². The average molecular weight is 494 g/mol. The molecule has 1 aliphatic heterocycles. The van der Waals surface area contributed by atoms with E-state index < -0.39 is 0 Å². The summed E-state index contributed by atoms with van der Waals surface area (Å²) in [5.41, 5.74) is 3.31. The van der Waals surface area contributed by atoms with E-state index in [0.29, 0.717) is 30.2 Å². The minimum Gasteiger partial charge on any atom is -0.459 e. The molecule has 0 spiro atoms. The third kappa shape index (κ3) is 6.24. The Balaban J connectivity index is 0.00000289. The van der Waals surface area contributed by atoms with Crippen LogP contribution in [-0.4, -0.2) is 31.3 Å². The third-order valence-corrected chi connectivity index (χ3v) is 7.49. The number of nitrogens with one attached hydrogen (secondary N) is 1. The highest BCUT2D eigenvalue weighted by atomic mass is 35.5. The Hall–Kier alpha value is -2.40. The molecule has 2 fully saturated rings. The van der Waals surface area contributed by atoms with E-state index in [0.717, 1.165) is 25.9 Å². The number of fused-ring (bicyclic) bond motifs is 1. The summed E-state index contributed by atoms with van der Waals surface area (Å²) in [7, 11) is 0. The fourth-order valence-corrected chi connectivity index (χ4v) is 5.63. The van der Waals surface area contributed by atoms with E-state index >= 15 is 0 Å². The second-order valence-electron chi connectivity index (χ2n) is 9.87. The number of ether oxygens (including phenoxy) is 2. The molecule has 1 saturated carbocycles. The maximum absolute atomic E-state index is 12.4. The van der Waals surface area contributed by atoms with Gasteiger partial charge in [0, 0.05) is 18.7 Å². The van der Waals surface area contributed by atoms with Gasteiger partial charge in [-0.25, -0.2) is 4.79 Å². The highest BCUT2D eigenvalue weighted by molar-refractivity contribution is 5.89. The molecular formula is C30H36ClNO3. The molecule has 4 atom stereocenters. The van der Waals surface area contributed by atoms with Gasteiger partial charge < -0.3 is 14.8 Å². The molecule has 5 heteroatoms. The first-order valence-corrected chi connectivity index (χ1v) is 12.8. The van der Waals surface area contributed by atoms with Crippen molar-refractivity contribution < 1.29 is 14.3 Å². The van der Waals surface area contributed by atoms with E-state index in [4.69, 9.17) is 9.47 Å². The fourth-order valence-electron chi connectivity index (χ4n) is 5.63. The Morgan fingerprint density at radius 2 is 1.80 bits per heavy atom. The molecule has 0 radical (unpaired) electrons. The predicted molar refractivity (Wildman–Crippen MR) is 143 cm³/mol. The molecule has 35 heavy (non-hydrogen) atoms. The largest absolute Gasteiger partial charge is 0.459 e. The quantitative estimate of drug-likeness (QED) is 0.361. The molecule has 1 N–H and O–H groups in total. The van der Waals surface area contributed by atoms with Gasteiger partial charge in [-0.15, -0.1) is 12.4 Å². The summed E-state index contributed by atoms with van der Waals surface area (Å²) in [6.45, 7) is 3.41. The van der Waals surface area contributed by atoms with Crippen LogP contribution in [0, 0.1) is 0 Å². The molecule has 1 aliphatic carbocycles. The van der Waals surface area contributed by atoms with Crippen molar-refractivity contribution in [2.75, 3.05) is 13.2 Å². The van der Waals surface area contributed by atoms with Crippen molar-refractivity contribution in [3.05, 3.63) is 83.4 Å². The monoisotopic (exact) mass is 493 g/mol. The zero-order valence-electron chi connectivity index (χ0n) is 20.5. The van der Waals surface area contributed by atoms with E-state index in [1.807, 2.05) is 12.1 Å². The number of hydrogen-bond donors (Lipinski definition) is 1. The zero-order chi connectivity index (χ0) is 23.3. The van der Waals surface area contributed by atoms with Crippen LogP contribution in [0.25, 0.3) is 10.8 Å². The van der Waals surface area contributed by atoms with Crippen LogP contribution in [0.3, 0.4) is 0 Å². The summed E-state index contributed by atoms with van der Waals surface area (Å²) in [5.74, 6) is 0.261. The molecule has 2 aliphatic rings. The van der Waals surface area contributed by atoms with Gasteiger partial charge in [-0.05, 0) is 79.0 Å². The van der Waals surface area contributed by atoms with Gasteiger partial charge in [0.05, 0.1) is 11.7 Å². The molecule has 5 rings (SSSR count). The molecule has 0 aromatic heterocycles. The van der Waals surface area contributed by atoms with E-state index in [1.165, 1.54) is 41.2 Å². The predicted octanol–water partition coefficient (Wildman–Crippen LogP) is 6.97. The van der Waals surface area contributed by atoms with Crippen molar-refractivity contribution in [1.29, 1.82) is 0 Å². The van der Waals surface area contributed by atoms with E-state index in [-0.39, 0.29) is 24.5 Å². The molecule has 0 bridgehead atoms. The summed E-state index contributed by atoms with van der Waals surface area (Å²) in [4.78, 5) is 12.4. The van der Waals surface area contributed by atoms with Crippen molar-refractivity contribution in [2.24, 2.45) is 0 Å². The maximum Gasteiger partial charge on any atom is 0.338 e. The normalized spacial score (nSPS) is 22.9. The van der Waals surface area contributed by atoms with Crippen molar-refractivity contribution in [3.8, 4) is 0 Å². The lowest BCUT2D eigenvalue weighted by Crippen LogP contribution is -2.35. The van der Waals surface area contributed by atoms with Crippen molar-refractivity contribution >= 4 is 29.1 Å². The minimum atomic E-state index is -0.255. The highest BCUT2D eigenvalue weighted by Gasteiger charge is 2.25. The molecule has 0 amide bonds. The summed E-state index contributed by atoms with van der Waals surface area (Å²) in [5, 5.41) is 6.54. The van der Waals surface area contributed by atoms with Gasteiger partial charge in [-0.1, -0.05) is 61.0 Å². The van der Waals surface area contributed by atoms with Crippen LogP contribution in [-0.2, 0) is 9.47 Å². The first kappa shape index (κ1) is 25.7. The second-order valence-corrected chi connectivity index (χ2v) is 9.87. The Bertz CT molecular complexity index is 1100. The van der Waals surface area contributed by atoms with Crippen LogP contribution >= 0.6 is 12.4 Å². The van der Waals surface area contributed by atoms with Crippen LogP contribution in [0.1, 0.15) is 78.9 Å².